The van der Waals surface area contributed by atoms with E-state index in [0.29, 0.717) is 23.2 Å². The molecule has 0 spiro atoms. The Balaban J connectivity index is 2.31. The van der Waals surface area contributed by atoms with Gasteiger partial charge in [-0.1, -0.05) is 25.6 Å². The molecule has 0 fully saturated rings. The van der Waals surface area contributed by atoms with Gasteiger partial charge in [-0.15, -0.1) is 0 Å². The highest BCUT2D eigenvalue weighted by molar-refractivity contribution is 7.99. The largest absolute Gasteiger partial charge is 0.397 e. The molecule has 2 heterocycles. The van der Waals surface area contributed by atoms with Gasteiger partial charge in [0.2, 0.25) is 0 Å². The summed E-state index contributed by atoms with van der Waals surface area (Å²) in [5.41, 5.74) is 6.28. The van der Waals surface area contributed by atoms with Crippen LogP contribution in [-0.4, -0.2) is 14.5 Å². The minimum absolute atomic E-state index is 0.0857. The van der Waals surface area contributed by atoms with E-state index in [4.69, 9.17) is 5.73 Å². The Morgan fingerprint density at radius 1 is 1.42 bits per heavy atom. The molecule has 0 saturated heterocycles. The van der Waals surface area contributed by atoms with Crippen molar-refractivity contribution in [3.8, 4) is 0 Å². The van der Waals surface area contributed by atoms with Crippen LogP contribution in [0.4, 0.5) is 5.69 Å². The summed E-state index contributed by atoms with van der Waals surface area (Å²) in [5, 5.41) is 0.432. The van der Waals surface area contributed by atoms with E-state index in [1.54, 1.807) is 35.4 Å². The van der Waals surface area contributed by atoms with Gasteiger partial charge < -0.3 is 10.3 Å². The molecule has 0 aliphatic heterocycles. The molecule has 6 heteroatoms. The zero-order valence-corrected chi connectivity index (χ0v) is 11.7. The Kier molecular flexibility index (Phi) is 4.21. The van der Waals surface area contributed by atoms with Crippen LogP contribution in [0.5, 0.6) is 0 Å². The van der Waals surface area contributed by atoms with Gasteiger partial charge in [-0.05, 0) is 12.0 Å². The maximum atomic E-state index is 12.2. The molecular formula is C13H16N4OS. The summed E-state index contributed by atoms with van der Waals surface area (Å²) in [6, 6.07) is 1.78. The molecule has 2 rings (SSSR count). The number of nitrogens with zero attached hydrogens (tertiary/aromatic N) is 3. The lowest BCUT2D eigenvalue weighted by Crippen LogP contribution is -2.24. The van der Waals surface area contributed by atoms with Crippen molar-refractivity contribution in [2.75, 3.05) is 5.73 Å². The van der Waals surface area contributed by atoms with Crippen molar-refractivity contribution in [3.05, 3.63) is 41.2 Å². The lowest BCUT2D eigenvalue weighted by molar-refractivity contribution is 0.502. The van der Waals surface area contributed by atoms with E-state index >= 15 is 0 Å². The lowest BCUT2D eigenvalue weighted by atomic mass is 10.2. The molecule has 2 aromatic heterocycles. The normalized spacial score (nSPS) is 10.9. The SMILES string of the molecule is CC(C)Cn1ccnc(Sc2ccncc2N)c1=O. The molecule has 100 valence electrons. The van der Waals surface area contributed by atoms with Crippen molar-refractivity contribution < 1.29 is 0 Å². The van der Waals surface area contributed by atoms with Crippen LogP contribution in [0, 0.1) is 5.92 Å². The van der Waals surface area contributed by atoms with Crippen LogP contribution in [0.3, 0.4) is 0 Å². The van der Waals surface area contributed by atoms with Crippen LogP contribution in [-0.2, 0) is 6.54 Å². The smallest absolute Gasteiger partial charge is 0.283 e. The highest BCUT2D eigenvalue weighted by atomic mass is 32.2. The molecule has 5 nitrogen and oxygen atoms in total. The maximum Gasteiger partial charge on any atom is 0.283 e. The van der Waals surface area contributed by atoms with Crippen LogP contribution in [0.1, 0.15) is 13.8 Å². The number of hydrogen-bond donors (Lipinski definition) is 1. The number of pyridine rings is 1. The molecule has 0 saturated carbocycles. The summed E-state index contributed by atoms with van der Waals surface area (Å²) in [4.78, 5) is 21.1. The Labute approximate surface area is 115 Å². The molecule has 0 radical (unpaired) electrons. The predicted molar refractivity (Wildman–Crippen MR) is 76.1 cm³/mol. The average Bonchev–Trinajstić information content (AvgIpc) is 2.36. The molecular weight excluding hydrogens is 260 g/mol. The van der Waals surface area contributed by atoms with E-state index in [2.05, 4.69) is 23.8 Å². The monoisotopic (exact) mass is 276 g/mol. The van der Waals surface area contributed by atoms with Gasteiger partial charge in [-0.2, -0.15) is 0 Å². The van der Waals surface area contributed by atoms with Crippen LogP contribution in [0.2, 0.25) is 0 Å². The summed E-state index contributed by atoms with van der Waals surface area (Å²) in [6.45, 7) is 4.82. The molecule has 0 unspecified atom stereocenters. The molecule has 0 atom stereocenters. The van der Waals surface area contributed by atoms with Gasteiger partial charge in [0.15, 0.2) is 5.03 Å². The zero-order chi connectivity index (χ0) is 13.8. The molecule has 0 bridgehead atoms. The van der Waals surface area contributed by atoms with Crippen molar-refractivity contribution in [3.63, 3.8) is 0 Å². The second-order valence-electron chi connectivity index (χ2n) is 4.60. The van der Waals surface area contributed by atoms with Gasteiger partial charge >= 0.3 is 0 Å². The first-order chi connectivity index (χ1) is 9.08. The summed E-state index contributed by atoms with van der Waals surface area (Å²) in [5.74, 6) is 0.406. The Hall–Kier alpha value is -1.82. The molecule has 2 N–H and O–H groups in total. The van der Waals surface area contributed by atoms with E-state index in [1.807, 2.05) is 0 Å². The highest BCUT2D eigenvalue weighted by Crippen LogP contribution is 2.27. The van der Waals surface area contributed by atoms with Gasteiger partial charge in [0.1, 0.15) is 0 Å². The molecule has 0 aliphatic rings. The second-order valence-corrected chi connectivity index (χ2v) is 5.63. The number of nitrogen functional groups attached to an aromatic ring is 1. The third-order valence-corrected chi connectivity index (χ3v) is 3.53. The minimum atomic E-state index is -0.0857. The fourth-order valence-electron chi connectivity index (χ4n) is 1.63. The predicted octanol–water partition coefficient (Wildman–Crippen LogP) is 2.03. The highest BCUT2D eigenvalue weighted by Gasteiger charge is 2.09. The number of rotatable bonds is 4. The molecule has 0 amide bonds. The molecule has 0 aliphatic carbocycles. The van der Waals surface area contributed by atoms with E-state index in [9.17, 15) is 4.79 Å². The number of anilines is 1. The maximum absolute atomic E-state index is 12.2. The fraction of sp³-hybridized carbons (Fsp3) is 0.308. The lowest BCUT2D eigenvalue weighted by Gasteiger charge is -2.09. The molecule has 0 aromatic carbocycles. The third kappa shape index (κ3) is 3.35. The molecule has 19 heavy (non-hydrogen) atoms. The Bertz CT molecular complexity index is 624. The zero-order valence-electron chi connectivity index (χ0n) is 10.9. The van der Waals surface area contributed by atoms with Gasteiger partial charge in [0.05, 0.1) is 11.9 Å². The Morgan fingerprint density at radius 2 is 2.21 bits per heavy atom. The standard InChI is InChI=1S/C13H16N4OS/c1-9(2)8-17-6-5-16-12(13(17)18)19-11-3-4-15-7-10(11)14/h3-7,9H,8,14H2,1-2H3. The second kappa shape index (κ2) is 5.88. The van der Waals surface area contributed by atoms with E-state index in [-0.39, 0.29) is 5.56 Å². The van der Waals surface area contributed by atoms with Crippen molar-refractivity contribution >= 4 is 17.4 Å². The number of aromatic nitrogens is 3. The summed E-state index contributed by atoms with van der Waals surface area (Å²) < 4.78 is 1.68. The first-order valence-corrected chi connectivity index (χ1v) is 6.82. The van der Waals surface area contributed by atoms with Crippen LogP contribution in [0.25, 0.3) is 0 Å². The van der Waals surface area contributed by atoms with E-state index in [0.717, 1.165) is 4.90 Å². The first kappa shape index (κ1) is 13.6. The third-order valence-electron chi connectivity index (χ3n) is 2.46. The van der Waals surface area contributed by atoms with Gasteiger partial charge in [0.25, 0.3) is 5.56 Å². The summed E-state index contributed by atoms with van der Waals surface area (Å²) >= 11 is 1.27. The average molecular weight is 276 g/mol. The quantitative estimate of drug-likeness (QED) is 0.925. The van der Waals surface area contributed by atoms with Crippen molar-refractivity contribution in [1.82, 2.24) is 14.5 Å². The first-order valence-electron chi connectivity index (χ1n) is 6.00. The molecule has 2 aromatic rings. The van der Waals surface area contributed by atoms with E-state index < -0.39 is 0 Å². The van der Waals surface area contributed by atoms with Crippen molar-refractivity contribution in [2.24, 2.45) is 5.92 Å². The van der Waals surface area contributed by atoms with Gasteiger partial charge in [-0.25, -0.2) is 4.98 Å². The number of hydrogen-bond acceptors (Lipinski definition) is 5. The fourth-order valence-corrected chi connectivity index (χ4v) is 2.45. The van der Waals surface area contributed by atoms with Crippen LogP contribution < -0.4 is 11.3 Å². The van der Waals surface area contributed by atoms with Gasteiger partial charge in [0, 0.05) is 30.0 Å². The summed E-state index contributed by atoms with van der Waals surface area (Å²) in [6.07, 6.45) is 6.57. The summed E-state index contributed by atoms with van der Waals surface area (Å²) in [7, 11) is 0. The van der Waals surface area contributed by atoms with Gasteiger partial charge in [-0.3, -0.25) is 9.78 Å². The minimum Gasteiger partial charge on any atom is -0.397 e. The van der Waals surface area contributed by atoms with Crippen molar-refractivity contribution in [2.45, 2.75) is 30.3 Å². The number of nitrogens with two attached hydrogens (primary N) is 1. The topological polar surface area (TPSA) is 73.8 Å². The van der Waals surface area contributed by atoms with Crippen molar-refractivity contribution in [1.29, 1.82) is 0 Å². The van der Waals surface area contributed by atoms with Crippen LogP contribution in [0.15, 0.2) is 45.6 Å². The van der Waals surface area contributed by atoms with E-state index in [1.165, 1.54) is 11.8 Å². The Morgan fingerprint density at radius 3 is 2.89 bits per heavy atom. The van der Waals surface area contributed by atoms with Crippen LogP contribution >= 0.6 is 11.8 Å².